The van der Waals surface area contributed by atoms with Gasteiger partial charge in [0, 0.05) is 37.6 Å². The Morgan fingerprint density at radius 1 is 1.23 bits per heavy atom. The fraction of sp³-hybridized carbons (Fsp3) is 0.562. The van der Waals surface area contributed by atoms with Gasteiger partial charge in [0.25, 0.3) is 5.91 Å². The van der Waals surface area contributed by atoms with E-state index in [1.165, 1.54) is 4.88 Å². The van der Waals surface area contributed by atoms with E-state index in [0.717, 1.165) is 39.1 Å². The van der Waals surface area contributed by atoms with Crippen molar-refractivity contribution in [2.24, 2.45) is 0 Å². The van der Waals surface area contributed by atoms with Gasteiger partial charge in [-0.05, 0) is 24.8 Å². The van der Waals surface area contributed by atoms with Crippen molar-refractivity contribution in [3.05, 3.63) is 33.9 Å². The highest BCUT2D eigenvalue weighted by Crippen LogP contribution is 2.18. The number of carbonyl (C=O) groups excluding carboxylic acids is 1. The van der Waals surface area contributed by atoms with Gasteiger partial charge in [-0.3, -0.25) is 9.69 Å². The third-order valence-electron chi connectivity index (χ3n) is 4.00. The van der Waals surface area contributed by atoms with Gasteiger partial charge in [-0.2, -0.15) is 0 Å². The summed E-state index contributed by atoms with van der Waals surface area (Å²) in [5.41, 5.74) is 0. The summed E-state index contributed by atoms with van der Waals surface area (Å²) in [5.74, 6) is 0.962. The van der Waals surface area contributed by atoms with E-state index in [1.807, 2.05) is 4.90 Å². The van der Waals surface area contributed by atoms with E-state index in [9.17, 15) is 4.79 Å². The predicted molar refractivity (Wildman–Crippen MR) is 85.4 cm³/mol. The van der Waals surface area contributed by atoms with Crippen LogP contribution in [-0.2, 0) is 20.8 Å². The average molecular weight is 322 g/mol. The van der Waals surface area contributed by atoms with Gasteiger partial charge < -0.3 is 14.4 Å². The normalized spacial score (nSPS) is 20.3. The highest BCUT2D eigenvalue weighted by atomic mass is 32.1. The average Bonchev–Trinajstić information content (AvgIpc) is 2.92. The molecule has 0 aliphatic carbocycles. The Labute approximate surface area is 135 Å². The van der Waals surface area contributed by atoms with Crippen molar-refractivity contribution >= 4 is 17.2 Å². The molecule has 6 heteroatoms. The van der Waals surface area contributed by atoms with Crippen molar-refractivity contribution in [2.45, 2.75) is 19.9 Å². The van der Waals surface area contributed by atoms with Gasteiger partial charge >= 0.3 is 0 Å². The lowest BCUT2D eigenvalue weighted by atomic mass is 10.3. The molecular weight excluding hydrogens is 300 g/mol. The molecule has 0 saturated carbocycles. The highest BCUT2D eigenvalue weighted by molar-refractivity contribution is 7.09. The van der Waals surface area contributed by atoms with E-state index in [0.29, 0.717) is 24.7 Å². The Hall–Kier alpha value is -1.53. The zero-order valence-corrected chi connectivity index (χ0v) is 13.7. The molecule has 0 spiro atoms. The molecule has 0 atom stereocenters. The van der Waals surface area contributed by atoms with Crippen LogP contribution >= 0.6 is 11.3 Å². The molecule has 3 rings (SSSR count). The van der Waals surface area contributed by atoms with Gasteiger partial charge in [0.2, 0.25) is 5.76 Å². The summed E-state index contributed by atoms with van der Waals surface area (Å²) in [5, 5.41) is 2.11. The van der Waals surface area contributed by atoms with Crippen molar-refractivity contribution in [2.75, 3.05) is 39.4 Å². The van der Waals surface area contributed by atoms with E-state index in [4.69, 9.17) is 9.47 Å². The number of allylic oxidation sites excluding steroid dienone is 1. The van der Waals surface area contributed by atoms with Crippen LogP contribution in [0, 0.1) is 0 Å². The first-order valence-corrected chi connectivity index (χ1v) is 8.62. The summed E-state index contributed by atoms with van der Waals surface area (Å²) in [6, 6.07) is 4.25. The lowest BCUT2D eigenvalue weighted by Crippen LogP contribution is -2.37. The Bertz CT molecular complexity index is 542. The standard InChI is InChI=1S/C16H22N2O3S/c1-13-15(21-10-9-20-13)16(19)18-6-3-5-17(7-8-18)12-14-4-2-11-22-14/h2,4,11H,3,5-10,12H2,1H3. The number of hydrogen-bond donors (Lipinski definition) is 0. The molecule has 0 N–H and O–H groups in total. The molecule has 1 aromatic heterocycles. The molecule has 2 aliphatic heterocycles. The van der Waals surface area contributed by atoms with Crippen molar-refractivity contribution in [1.82, 2.24) is 9.80 Å². The fourth-order valence-corrected chi connectivity index (χ4v) is 3.56. The van der Waals surface area contributed by atoms with E-state index < -0.39 is 0 Å². The van der Waals surface area contributed by atoms with Gasteiger partial charge in [-0.15, -0.1) is 11.3 Å². The predicted octanol–water partition coefficient (Wildman–Crippen LogP) is 2.06. The summed E-state index contributed by atoms with van der Waals surface area (Å²) in [6.45, 7) is 7.19. The smallest absolute Gasteiger partial charge is 0.292 e. The first kappa shape index (κ1) is 15.4. The van der Waals surface area contributed by atoms with Gasteiger partial charge in [0.1, 0.15) is 19.0 Å². The van der Waals surface area contributed by atoms with Crippen molar-refractivity contribution in [3.8, 4) is 0 Å². The first-order chi connectivity index (χ1) is 10.7. The summed E-state index contributed by atoms with van der Waals surface area (Å²) in [4.78, 5) is 18.3. The van der Waals surface area contributed by atoms with Gasteiger partial charge in [0.15, 0.2) is 0 Å². The zero-order valence-electron chi connectivity index (χ0n) is 12.9. The molecule has 22 heavy (non-hydrogen) atoms. The number of nitrogens with zero attached hydrogens (tertiary/aromatic N) is 2. The highest BCUT2D eigenvalue weighted by Gasteiger charge is 2.27. The SMILES string of the molecule is CC1=C(C(=O)N2CCCN(Cc3cccs3)CC2)OCCO1. The number of rotatable bonds is 3. The molecule has 1 aromatic rings. The van der Waals surface area contributed by atoms with E-state index in [2.05, 4.69) is 22.4 Å². The molecule has 0 aromatic carbocycles. The molecule has 0 unspecified atom stereocenters. The molecule has 0 bridgehead atoms. The van der Waals surface area contributed by atoms with Crippen LogP contribution in [0.2, 0.25) is 0 Å². The first-order valence-electron chi connectivity index (χ1n) is 7.74. The third kappa shape index (κ3) is 3.62. The Kier molecular flexibility index (Phi) is 5.00. The molecule has 3 heterocycles. The summed E-state index contributed by atoms with van der Waals surface area (Å²) < 4.78 is 10.9. The fourth-order valence-electron chi connectivity index (χ4n) is 2.82. The molecule has 1 saturated heterocycles. The van der Waals surface area contributed by atoms with E-state index >= 15 is 0 Å². The van der Waals surface area contributed by atoms with Crippen LogP contribution in [0.1, 0.15) is 18.2 Å². The van der Waals surface area contributed by atoms with Crippen LogP contribution in [0.25, 0.3) is 0 Å². The molecule has 1 amide bonds. The topological polar surface area (TPSA) is 42.0 Å². The molecule has 120 valence electrons. The zero-order chi connectivity index (χ0) is 15.4. The van der Waals surface area contributed by atoms with Crippen LogP contribution < -0.4 is 0 Å². The van der Waals surface area contributed by atoms with Gasteiger partial charge in [-0.25, -0.2) is 0 Å². The third-order valence-corrected chi connectivity index (χ3v) is 4.86. The Morgan fingerprint density at radius 2 is 2.09 bits per heavy atom. The van der Waals surface area contributed by atoms with Crippen LogP contribution in [0.3, 0.4) is 0 Å². The van der Waals surface area contributed by atoms with Crippen LogP contribution in [0.5, 0.6) is 0 Å². The maximum absolute atomic E-state index is 12.6. The molecule has 1 fully saturated rings. The monoisotopic (exact) mass is 322 g/mol. The molecule has 5 nitrogen and oxygen atoms in total. The maximum atomic E-state index is 12.6. The van der Waals surface area contributed by atoms with Crippen LogP contribution in [0.4, 0.5) is 0 Å². The Morgan fingerprint density at radius 3 is 2.86 bits per heavy atom. The minimum Gasteiger partial charge on any atom is -0.491 e. The number of carbonyl (C=O) groups is 1. The largest absolute Gasteiger partial charge is 0.491 e. The minimum absolute atomic E-state index is 0.0322. The van der Waals surface area contributed by atoms with Crippen molar-refractivity contribution in [3.63, 3.8) is 0 Å². The molecular formula is C16H22N2O3S. The molecule has 2 aliphatic rings. The van der Waals surface area contributed by atoms with Crippen molar-refractivity contribution < 1.29 is 14.3 Å². The van der Waals surface area contributed by atoms with E-state index in [-0.39, 0.29) is 5.91 Å². The quantitative estimate of drug-likeness (QED) is 0.854. The second kappa shape index (κ2) is 7.15. The molecule has 0 radical (unpaired) electrons. The van der Waals surface area contributed by atoms with Gasteiger partial charge in [0.05, 0.1) is 0 Å². The number of hydrogen-bond acceptors (Lipinski definition) is 5. The number of amides is 1. The second-order valence-corrected chi connectivity index (χ2v) is 6.62. The summed E-state index contributed by atoms with van der Waals surface area (Å²) in [6.07, 6.45) is 0.990. The summed E-state index contributed by atoms with van der Waals surface area (Å²) in [7, 11) is 0. The minimum atomic E-state index is -0.0322. The van der Waals surface area contributed by atoms with Gasteiger partial charge in [-0.1, -0.05) is 6.07 Å². The Balaban J connectivity index is 1.59. The summed E-state index contributed by atoms with van der Waals surface area (Å²) >= 11 is 1.79. The second-order valence-electron chi connectivity index (χ2n) is 5.58. The number of thiophene rings is 1. The van der Waals surface area contributed by atoms with E-state index in [1.54, 1.807) is 18.3 Å². The number of ether oxygens (including phenoxy) is 2. The van der Waals surface area contributed by atoms with Crippen molar-refractivity contribution in [1.29, 1.82) is 0 Å². The lowest BCUT2D eigenvalue weighted by molar-refractivity contribution is -0.132. The lowest BCUT2D eigenvalue weighted by Gasteiger charge is -2.25. The van der Waals surface area contributed by atoms with Crippen LogP contribution in [0.15, 0.2) is 29.0 Å². The van der Waals surface area contributed by atoms with Crippen LogP contribution in [-0.4, -0.2) is 55.1 Å². The maximum Gasteiger partial charge on any atom is 0.292 e.